The molecule has 138 valence electrons. The first kappa shape index (κ1) is 18.2. The van der Waals surface area contributed by atoms with E-state index in [2.05, 4.69) is 10.2 Å². The molecule has 0 bridgehead atoms. The molecule has 3 rings (SSSR count). The SMILES string of the molecule is O=C(CCN1CCC2(CC1)OCCO2)Nc1cccc(C(F)(F)F)c1. The van der Waals surface area contributed by atoms with Crippen LogP contribution in [0.25, 0.3) is 0 Å². The Morgan fingerprint density at radius 2 is 1.88 bits per heavy atom. The summed E-state index contributed by atoms with van der Waals surface area (Å²) >= 11 is 0. The van der Waals surface area contributed by atoms with E-state index in [4.69, 9.17) is 9.47 Å². The Kier molecular flexibility index (Phi) is 5.31. The Morgan fingerprint density at radius 1 is 1.20 bits per heavy atom. The van der Waals surface area contributed by atoms with Crippen LogP contribution in [-0.2, 0) is 20.4 Å². The molecule has 0 aliphatic carbocycles. The molecule has 1 aromatic carbocycles. The number of anilines is 1. The molecule has 2 saturated heterocycles. The summed E-state index contributed by atoms with van der Waals surface area (Å²) in [5, 5.41) is 2.53. The molecule has 1 spiro atoms. The smallest absolute Gasteiger partial charge is 0.347 e. The van der Waals surface area contributed by atoms with Crippen LogP contribution in [0.15, 0.2) is 24.3 Å². The molecular weight excluding hydrogens is 337 g/mol. The van der Waals surface area contributed by atoms with Crippen molar-refractivity contribution < 1.29 is 27.4 Å². The number of hydrogen-bond acceptors (Lipinski definition) is 4. The molecule has 0 aromatic heterocycles. The molecule has 2 fully saturated rings. The lowest BCUT2D eigenvalue weighted by molar-refractivity contribution is -0.185. The van der Waals surface area contributed by atoms with E-state index in [1.165, 1.54) is 12.1 Å². The van der Waals surface area contributed by atoms with Gasteiger partial charge in [-0.05, 0) is 18.2 Å². The van der Waals surface area contributed by atoms with E-state index in [0.717, 1.165) is 38.1 Å². The van der Waals surface area contributed by atoms with Crippen molar-refractivity contribution in [3.05, 3.63) is 29.8 Å². The predicted molar refractivity (Wildman–Crippen MR) is 85.0 cm³/mol. The summed E-state index contributed by atoms with van der Waals surface area (Å²) in [6, 6.07) is 4.65. The largest absolute Gasteiger partial charge is 0.416 e. The molecule has 2 heterocycles. The molecule has 5 nitrogen and oxygen atoms in total. The highest BCUT2D eigenvalue weighted by Crippen LogP contribution is 2.32. The number of nitrogens with zero attached hydrogens (tertiary/aromatic N) is 1. The highest BCUT2D eigenvalue weighted by atomic mass is 19.4. The van der Waals surface area contributed by atoms with Gasteiger partial charge in [0.25, 0.3) is 0 Å². The van der Waals surface area contributed by atoms with Gasteiger partial charge in [-0.2, -0.15) is 13.2 Å². The van der Waals surface area contributed by atoms with Crippen LogP contribution in [0.3, 0.4) is 0 Å². The van der Waals surface area contributed by atoms with Crippen molar-refractivity contribution >= 4 is 11.6 Å². The number of carbonyl (C=O) groups is 1. The van der Waals surface area contributed by atoms with Crippen molar-refractivity contribution in [2.45, 2.75) is 31.2 Å². The maximum absolute atomic E-state index is 12.7. The van der Waals surface area contributed by atoms with Crippen LogP contribution in [0.2, 0.25) is 0 Å². The predicted octanol–water partition coefficient (Wildman–Crippen LogP) is 2.87. The van der Waals surface area contributed by atoms with Gasteiger partial charge < -0.3 is 19.7 Å². The summed E-state index contributed by atoms with van der Waals surface area (Å²) < 4.78 is 49.4. The quantitative estimate of drug-likeness (QED) is 0.899. The Balaban J connectivity index is 1.44. The number of halogens is 3. The highest BCUT2D eigenvalue weighted by Gasteiger charge is 2.39. The average molecular weight is 358 g/mol. The van der Waals surface area contributed by atoms with Gasteiger partial charge in [0.05, 0.1) is 18.8 Å². The Labute approximate surface area is 144 Å². The second-order valence-electron chi connectivity index (χ2n) is 6.33. The average Bonchev–Trinajstić information content (AvgIpc) is 3.02. The monoisotopic (exact) mass is 358 g/mol. The van der Waals surface area contributed by atoms with E-state index in [9.17, 15) is 18.0 Å². The van der Waals surface area contributed by atoms with Crippen molar-refractivity contribution in [2.75, 3.05) is 38.2 Å². The van der Waals surface area contributed by atoms with Crippen molar-refractivity contribution in [1.82, 2.24) is 4.90 Å². The number of amides is 1. The standard InChI is InChI=1S/C17H21F3N2O3/c18-17(19,20)13-2-1-3-14(12-13)21-15(23)4-7-22-8-5-16(6-9-22)24-10-11-25-16/h1-3,12H,4-11H2,(H,21,23). The number of alkyl halides is 3. The first-order valence-corrected chi connectivity index (χ1v) is 8.34. The van der Waals surface area contributed by atoms with E-state index >= 15 is 0 Å². The van der Waals surface area contributed by atoms with E-state index in [0.29, 0.717) is 19.8 Å². The molecule has 1 N–H and O–H groups in total. The van der Waals surface area contributed by atoms with Crippen molar-refractivity contribution in [1.29, 1.82) is 0 Å². The van der Waals surface area contributed by atoms with Crippen molar-refractivity contribution in [3.63, 3.8) is 0 Å². The first-order valence-electron chi connectivity index (χ1n) is 8.34. The fraction of sp³-hybridized carbons (Fsp3) is 0.588. The number of nitrogens with one attached hydrogen (secondary N) is 1. The molecule has 0 unspecified atom stereocenters. The van der Waals surface area contributed by atoms with Crippen LogP contribution < -0.4 is 5.32 Å². The lowest BCUT2D eigenvalue weighted by Gasteiger charge is -2.37. The molecule has 0 atom stereocenters. The number of benzene rings is 1. The topological polar surface area (TPSA) is 50.8 Å². The fourth-order valence-corrected chi connectivity index (χ4v) is 3.16. The number of hydrogen-bond donors (Lipinski definition) is 1. The van der Waals surface area contributed by atoms with E-state index in [-0.39, 0.29) is 18.0 Å². The van der Waals surface area contributed by atoms with E-state index in [1.54, 1.807) is 0 Å². The minimum Gasteiger partial charge on any atom is -0.347 e. The third-order valence-electron chi connectivity index (χ3n) is 4.56. The molecule has 0 radical (unpaired) electrons. The second kappa shape index (κ2) is 7.31. The summed E-state index contributed by atoms with van der Waals surface area (Å²) in [7, 11) is 0. The normalized spacial score (nSPS) is 20.8. The molecular formula is C17H21F3N2O3. The van der Waals surface area contributed by atoms with Gasteiger partial charge in [-0.15, -0.1) is 0 Å². The Bertz CT molecular complexity index is 605. The fourth-order valence-electron chi connectivity index (χ4n) is 3.16. The molecule has 8 heteroatoms. The first-order chi connectivity index (χ1) is 11.9. The number of rotatable bonds is 4. The maximum atomic E-state index is 12.7. The van der Waals surface area contributed by atoms with Gasteiger partial charge in [0.2, 0.25) is 5.91 Å². The third kappa shape index (κ3) is 4.71. The number of piperidine rings is 1. The van der Waals surface area contributed by atoms with Crippen LogP contribution >= 0.6 is 0 Å². The second-order valence-corrected chi connectivity index (χ2v) is 6.33. The molecule has 1 aromatic rings. The zero-order valence-corrected chi connectivity index (χ0v) is 13.8. The number of carbonyl (C=O) groups excluding carboxylic acids is 1. The zero-order chi connectivity index (χ0) is 17.9. The van der Waals surface area contributed by atoms with Crippen LogP contribution in [0, 0.1) is 0 Å². The van der Waals surface area contributed by atoms with E-state index in [1.807, 2.05) is 0 Å². The lowest BCUT2D eigenvalue weighted by atomic mass is 10.0. The Morgan fingerprint density at radius 3 is 2.52 bits per heavy atom. The zero-order valence-electron chi connectivity index (χ0n) is 13.8. The molecule has 1 amide bonds. The van der Waals surface area contributed by atoms with Gasteiger partial charge in [-0.1, -0.05) is 6.07 Å². The molecule has 2 aliphatic heterocycles. The maximum Gasteiger partial charge on any atom is 0.416 e. The number of likely N-dealkylation sites (tertiary alicyclic amines) is 1. The lowest BCUT2D eigenvalue weighted by Crippen LogP contribution is -2.45. The van der Waals surface area contributed by atoms with Crippen molar-refractivity contribution in [2.24, 2.45) is 0 Å². The molecule has 25 heavy (non-hydrogen) atoms. The van der Waals surface area contributed by atoms with Gasteiger partial charge in [0.15, 0.2) is 5.79 Å². The minimum absolute atomic E-state index is 0.158. The van der Waals surface area contributed by atoms with Crippen LogP contribution in [0.1, 0.15) is 24.8 Å². The summed E-state index contributed by atoms with van der Waals surface area (Å²) in [6.07, 6.45) is -2.66. The summed E-state index contributed by atoms with van der Waals surface area (Å²) in [5.74, 6) is -0.746. The summed E-state index contributed by atoms with van der Waals surface area (Å²) in [5.41, 5.74) is -0.617. The molecule has 2 aliphatic rings. The van der Waals surface area contributed by atoms with Gasteiger partial charge >= 0.3 is 6.18 Å². The van der Waals surface area contributed by atoms with Gasteiger partial charge in [-0.3, -0.25) is 4.79 Å². The summed E-state index contributed by atoms with van der Waals surface area (Å²) in [6.45, 7) is 3.35. The van der Waals surface area contributed by atoms with E-state index < -0.39 is 17.5 Å². The minimum atomic E-state index is -4.42. The number of ether oxygens (including phenoxy) is 2. The van der Waals surface area contributed by atoms with Gasteiger partial charge in [0, 0.05) is 44.6 Å². The van der Waals surface area contributed by atoms with Crippen LogP contribution in [0.5, 0.6) is 0 Å². The van der Waals surface area contributed by atoms with Gasteiger partial charge in [0.1, 0.15) is 0 Å². The Hall–Kier alpha value is -1.64. The highest BCUT2D eigenvalue weighted by molar-refractivity contribution is 5.90. The van der Waals surface area contributed by atoms with Gasteiger partial charge in [-0.25, -0.2) is 0 Å². The van der Waals surface area contributed by atoms with Crippen molar-refractivity contribution in [3.8, 4) is 0 Å². The summed E-state index contributed by atoms with van der Waals surface area (Å²) in [4.78, 5) is 14.1. The third-order valence-corrected chi connectivity index (χ3v) is 4.56. The van der Waals surface area contributed by atoms with Crippen LogP contribution in [0.4, 0.5) is 18.9 Å². The molecule has 0 saturated carbocycles. The van der Waals surface area contributed by atoms with Crippen LogP contribution in [-0.4, -0.2) is 49.4 Å².